The lowest BCUT2D eigenvalue weighted by atomic mass is 9.98. The van der Waals surface area contributed by atoms with E-state index in [4.69, 9.17) is 24.9 Å². The molecule has 0 saturated heterocycles. The minimum atomic E-state index is 0.504. The van der Waals surface area contributed by atoms with E-state index in [1.807, 2.05) is 48.7 Å². The predicted octanol–water partition coefficient (Wildman–Crippen LogP) is 8.51. The number of nitrogens with zero attached hydrogens (tertiary/aromatic N) is 6. The SMILES string of the molecule is Cc1ccc(-c2nc(C3=CCC(C)C=C3)nc(-c3cccc(-c4nc5ccccc5c5nc6ccccn6c45)c3)n2)cc1. The zero-order valence-electron chi connectivity index (χ0n) is 23.9. The molecule has 6 nitrogen and oxygen atoms in total. The third kappa shape index (κ3) is 4.48. The fourth-order valence-electron chi connectivity index (χ4n) is 5.72. The second-order valence-electron chi connectivity index (χ2n) is 11.2. The first-order valence-electron chi connectivity index (χ1n) is 14.6. The van der Waals surface area contributed by atoms with Crippen LogP contribution in [0.2, 0.25) is 0 Å². The van der Waals surface area contributed by atoms with Crippen LogP contribution in [-0.2, 0) is 0 Å². The molecule has 0 aliphatic heterocycles. The maximum absolute atomic E-state index is 5.17. The highest BCUT2D eigenvalue weighted by Gasteiger charge is 2.18. The van der Waals surface area contributed by atoms with Crippen molar-refractivity contribution in [1.29, 1.82) is 0 Å². The Balaban J connectivity index is 1.33. The molecule has 7 aromatic rings. The van der Waals surface area contributed by atoms with Crippen molar-refractivity contribution in [3.8, 4) is 34.0 Å². The van der Waals surface area contributed by atoms with E-state index in [1.165, 1.54) is 5.56 Å². The van der Waals surface area contributed by atoms with Gasteiger partial charge in [0.15, 0.2) is 17.5 Å². The van der Waals surface area contributed by atoms with Crippen molar-refractivity contribution >= 4 is 33.2 Å². The average Bonchev–Trinajstić information content (AvgIpc) is 3.45. The summed E-state index contributed by atoms with van der Waals surface area (Å²) < 4.78 is 2.12. The van der Waals surface area contributed by atoms with Crippen LogP contribution in [0, 0.1) is 12.8 Å². The van der Waals surface area contributed by atoms with Gasteiger partial charge in [-0.1, -0.05) is 97.4 Å². The van der Waals surface area contributed by atoms with Crippen LogP contribution in [0.3, 0.4) is 0 Å². The Kier molecular flexibility index (Phi) is 5.93. The molecule has 206 valence electrons. The first kappa shape index (κ1) is 25.2. The summed E-state index contributed by atoms with van der Waals surface area (Å²) in [6, 6.07) is 30.9. The predicted molar refractivity (Wildman–Crippen MR) is 173 cm³/mol. The van der Waals surface area contributed by atoms with E-state index in [0.29, 0.717) is 23.4 Å². The molecular weight excluding hydrogens is 528 g/mol. The topological polar surface area (TPSA) is 68.9 Å². The number of allylic oxidation sites excluding steroid dienone is 4. The van der Waals surface area contributed by atoms with Crippen LogP contribution < -0.4 is 0 Å². The van der Waals surface area contributed by atoms with Crippen molar-refractivity contribution in [3.05, 3.63) is 127 Å². The van der Waals surface area contributed by atoms with E-state index in [2.05, 4.69) is 85.0 Å². The van der Waals surface area contributed by atoms with Gasteiger partial charge in [0.1, 0.15) is 11.2 Å². The van der Waals surface area contributed by atoms with Crippen LogP contribution in [0.15, 0.2) is 115 Å². The lowest BCUT2D eigenvalue weighted by Crippen LogP contribution is -2.04. The molecule has 0 amide bonds. The Morgan fingerprint density at radius 1 is 0.698 bits per heavy atom. The number of hydrogen-bond donors (Lipinski definition) is 0. The highest BCUT2D eigenvalue weighted by Crippen LogP contribution is 2.35. The average molecular weight is 557 g/mol. The Hall–Kier alpha value is -5.49. The van der Waals surface area contributed by atoms with Crippen molar-refractivity contribution in [2.45, 2.75) is 20.3 Å². The van der Waals surface area contributed by atoms with Crippen molar-refractivity contribution in [3.63, 3.8) is 0 Å². The van der Waals surface area contributed by atoms with Gasteiger partial charge in [0.05, 0.1) is 16.7 Å². The monoisotopic (exact) mass is 556 g/mol. The summed E-state index contributed by atoms with van der Waals surface area (Å²) in [6.45, 7) is 4.30. The number of para-hydroxylation sites is 1. The number of aromatic nitrogens is 6. The van der Waals surface area contributed by atoms with E-state index in [0.717, 1.165) is 62.0 Å². The molecule has 0 fully saturated rings. The maximum Gasteiger partial charge on any atom is 0.164 e. The number of rotatable bonds is 4. The molecular formula is C37H28N6. The third-order valence-electron chi connectivity index (χ3n) is 8.06. The quantitative estimate of drug-likeness (QED) is 0.217. The standard InChI is InChI=1S/C37H28N6/c1-23-13-17-25(18-14-23)35-40-36(26-19-15-24(2)16-20-26)42-37(41-35)28-9-7-8-27(22-28)32-34-33(29-10-3-4-11-30(29)38-32)39-31-12-5-6-21-43(31)34/h3-15,17-22,24H,16H2,1-2H3. The van der Waals surface area contributed by atoms with E-state index >= 15 is 0 Å². The normalized spacial score (nSPS) is 14.9. The lowest BCUT2D eigenvalue weighted by molar-refractivity contribution is 0.738. The summed E-state index contributed by atoms with van der Waals surface area (Å²) in [5.74, 6) is 2.48. The molecule has 0 saturated carbocycles. The molecule has 0 spiro atoms. The van der Waals surface area contributed by atoms with Crippen molar-refractivity contribution in [2.24, 2.45) is 5.92 Å². The highest BCUT2D eigenvalue weighted by atomic mass is 15.0. The zero-order chi connectivity index (χ0) is 28.9. The van der Waals surface area contributed by atoms with E-state index in [9.17, 15) is 0 Å². The molecule has 8 rings (SSSR count). The lowest BCUT2D eigenvalue weighted by Gasteiger charge is -2.13. The van der Waals surface area contributed by atoms with Gasteiger partial charge < -0.3 is 0 Å². The summed E-state index contributed by atoms with van der Waals surface area (Å²) in [4.78, 5) is 25.1. The summed E-state index contributed by atoms with van der Waals surface area (Å²) >= 11 is 0. The Bertz CT molecular complexity index is 2240. The van der Waals surface area contributed by atoms with Gasteiger partial charge in [-0.25, -0.2) is 24.9 Å². The fraction of sp³-hybridized carbons (Fsp3) is 0.108. The van der Waals surface area contributed by atoms with E-state index in [-0.39, 0.29) is 0 Å². The molecule has 0 radical (unpaired) electrons. The van der Waals surface area contributed by atoms with Gasteiger partial charge >= 0.3 is 0 Å². The molecule has 1 atom stereocenters. The summed E-state index contributed by atoms with van der Waals surface area (Å²) in [6.07, 6.45) is 9.58. The molecule has 1 aliphatic rings. The molecule has 0 bridgehead atoms. The Morgan fingerprint density at radius 2 is 1.47 bits per heavy atom. The second-order valence-corrected chi connectivity index (χ2v) is 11.2. The number of aryl methyl sites for hydroxylation is 1. The fourth-order valence-corrected chi connectivity index (χ4v) is 5.72. The number of benzene rings is 3. The zero-order valence-corrected chi connectivity index (χ0v) is 23.9. The number of fused-ring (bicyclic) bond motifs is 5. The number of pyridine rings is 2. The van der Waals surface area contributed by atoms with Crippen LogP contribution in [0.5, 0.6) is 0 Å². The first-order valence-corrected chi connectivity index (χ1v) is 14.6. The summed E-state index contributed by atoms with van der Waals surface area (Å²) in [7, 11) is 0. The number of imidazole rings is 1. The molecule has 1 unspecified atom stereocenters. The largest absolute Gasteiger partial charge is 0.298 e. The van der Waals surface area contributed by atoms with Crippen LogP contribution in [0.25, 0.3) is 67.2 Å². The molecule has 43 heavy (non-hydrogen) atoms. The van der Waals surface area contributed by atoms with Crippen LogP contribution in [-0.4, -0.2) is 29.3 Å². The van der Waals surface area contributed by atoms with Gasteiger partial charge in [0, 0.05) is 33.8 Å². The Morgan fingerprint density at radius 3 is 2.30 bits per heavy atom. The van der Waals surface area contributed by atoms with Crippen LogP contribution in [0.4, 0.5) is 0 Å². The smallest absolute Gasteiger partial charge is 0.164 e. The maximum atomic E-state index is 5.17. The summed E-state index contributed by atoms with van der Waals surface area (Å²) in [5.41, 5.74) is 9.65. The molecule has 1 aliphatic carbocycles. The van der Waals surface area contributed by atoms with Crippen LogP contribution in [0.1, 0.15) is 24.7 Å². The van der Waals surface area contributed by atoms with Gasteiger partial charge in [0.2, 0.25) is 0 Å². The molecule has 6 heteroatoms. The van der Waals surface area contributed by atoms with E-state index in [1.54, 1.807) is 0 Å². The molecule has 4 aromatic heterocycles. The van der Waals surface area contributed by atoms with Gasteiger partial charge in [-0.3, -0.25) is 4.40 Å². The molecule has 4 heterocycles. The van der Waals surface area contributed by atoms with Gasteiger partial charge in [0.25, 0.3) is 0 Å². The molecule has 0 N–H and O–H groups in total. The van der Waals surface area contributed by atoms with Gasteiger partial charge in [-0.15, -0.1) is 0 Å². The van der Waals surface area contributed by atoms with Gasteiger partial charge in [-0.2, -0.15) is 0 Å². The van der Waals surface area contributed by atoms with E-state index < -0.39 is 0 Å². The second kappa shape index (κ2) is 10.1. The minimum Gasteiger partial charge on any atom is -0.298 e. The third-order valence-corrected chi connectivity index (χ3v) is 8.06. The van der Waals surface area contributed by atoms with Crippen LogP contribution >= 0.6 is 0 Å². The molecule has 3 aromatic carbocycles. The van der Waals surface area contributed by atoms with Crippen molar-refractivity contribution < 1.29 is 0 Å². The first-order chi connectivity index (χ1) is 21.1. The van der Waals surface area contributed by atoms with Crippen molar-refractivity contribution in [2.75, 3.05) is 0 Å². The number of hydrogen-bond acceptors (Lipinski definition) is 5. The Labute approximate surface area is 249 Å². The van der Waals surface area contributed by atoms with Crippen molar-refractivity contribution in [1.82, 2.24) is 29.3 Å². The summed E-state index contributed by atoms with van der Waals surface area (Å²) in [5, 5.41) is 1.04. The highest BCUT2D eigenvalue weighted by molar-refractivity contribution is 6.09. The van der Waals surface area contributed by atoms with Gasteiger partial charge in [-0.05, 0) is 43.5 Å². The minimum absolute atomic E-state index is 0.504.